The minimum atomic E-state index is -0.526. The summed E-state index contributed by atoms with van der Waals surface area (Å²) in [6.07, 6.45) is 0. The number of phenols is 1. The van der Waals surface area contributed by atoms with E-state index in [1.807, 2.05) is 36.4 Å². The Bertz CT molecular complexity index is 1250. The summed E-state index contributed by atoms with van der Waals surface area (Å²) in [4.78, 5) is 10.6. The molecule has 0 saturated heterocycles. The van der Waals surface area contributed by atoms with Crippen LogP contribution in [0.25, 0.3) is 21.5 Å². The van der Waals surface area contributed by atoms with E-state index in [0.717, 1.165) is 16.2 Å². The molecule has 0 unspecified atom stereocenters. The summed E-state index contributed by atoms with van der Waals surface area (Å²) in [5, 5.41) is 33.2. The molecule has 0 spiro atoms. The van der Waals surface area contributed by atoms with Gasteiger partial charge in [-0.3, -0.25) is 10.1 Å². The molecule has 138 valence electrons. The molecule has 0 heterocycles. The molecular formula is C21H15N3O4. The third-order valence-corrected chi connectivity index (χ3v) is 4.48. The Morgan fingerprint density at radius 3 is 2.18 bits per heavy atom. The van der Waals surface area contributed by atoms with Crippen LogP contribution >= 0.6 is 0 Å². The summed E-state index contributed by atoms with van der Waals surface area (Å²) in [6.45, 7) is 0. The first-order chi connectivity index (χ1) is 13.6. The minimum absolute atomic E-state index is 0.0658. The average Bonchev–Trinajstić information content (AvgIpc) is 2.72. The Balaban J connectivity index is 1.89. The third kappa shape index (κ3) is 2.99. The molecule has 0 amide bonds. The van der Waals surface area contributed by atoms with Crippen LogP contribution in [-0.4, -0.2) is 17.1 Å². The number of hydrogen-bond acceptors (Lipinski definition) is 6. The van der Waals surface area contributed by atoms with E-state index >= 15 is 0 Å². The first-order valence-electron chi connectivity index (χ1n) is 8.46. The van der Waals surface area contributed by atoms with Gasteiger partial charge >= 0.3 is 0 Å². The lowest BCUT2D eigenvalue weighted by atomic mass is 10.0. The summed E-state index contributed by atoms with van der Waals surface area (Å²) in [5.74, 6) is 0.457. The van der Waals surface area contributed by atoms with Crippen LogP contribution in [0.2, 0.25) is 0 Å². The monoisotopic (exact) mass is 373 g/mol. The lowest BCUT2D eigenvalue weighted by Gasteiger charge is -2.11. The van der Waals surface area contributed by atoms with Crippen molar-refractivity contribution in [3.63, 3.8) is 0 Å². The van der Waals surface area contributed by atoms with Crippen LogP contribution in [0.4, 0.5) is 17.1 Å². The van der Waals surface area contributed by atoms with Crippen LogP contribution in [0.3, 0.4) is 0 Å². The maximum absolute atomic E-state index is 11.1. The van der Waals surface area contributed by atoms with E-state index in [-0.39, 0.29) is 22.8 Å². The SMILES string of the molecule is COc1cc(N=Nc2ccccc2[N+](=O)[O-])c(O)c2cc3ccccc3cc12. The quantitative estimate of drug-likeness (QED) is 0.204. The molecule has 0 aliphatic rings. The van der Waals surface area contributed by atoms with Crippen molar-refractivity contribution in [3.05, 3.63) is 76.8 Å². The molecule has 0 bridgehead atoms. The Morgan fingerprint density at radius 2 is 1.50 bits per heavy atom. The van der Waals surface area contributed by atoms with Crippen LogP contribution in [-0.2, 0) is 0 Å². The molecule has 4 aromatic carbocycles. The summed E-state index contributed by atoms with van der Waals surface area (Å²) in [5.41, 5.74) is 0.103. The Kier molecular flexibility index (Phi) is 4.33. The van der Waals surface area contributed by atoms with E-state index in [4.69, 9.17) is 4.74 Å². The van der Waals surface area contributed by atoms with Gasteiger partial charge in [-0.25, -0.2) is 0 Å². The first-order valence-corrected chi connectivity index (χ1v) is 8.46. The fraction of sp³-hybridized carbons (Fsp3) is 0.0476. The van der Waals surface area contributed by atoms with Gasteiger partial charge in [0.25, 0.3) is 5.69 Å². The van der Waals surface area contributed by atoms with Crippen molar-refractivity contribution in [3.8, 4) is 11.5 Å². The molecule has 7 heteroatoms. The number of nitro groups is 1. The number of fused-ring (bicyclic) bond motifs is 2. The molecule has 28 heavy (non-hydrogen) atoms. The van der Waals surface area contributed by atoms with Gasteiger partial charge in [0.05, 0.1) is 12.0 Å². The number of ether oxygens (including phenoxy) is 1. The number of benzene rings is 4. The van der Waals surface area contributed by atoms with Crippen molar-refractivity contribution in [2.24, 2.45) is 10.2 Å². The van der Waals surface area contributed by atoms with E-state index < -0.39 is 4.92 Å². The molecule has 7 nitrogen and oxygen atoms in total. The highest BCUT2D eigenvalue weighted by Crippen LogP contribution is 2.43. The summed E-state index contributed by atoms with van der Waals surface area (Å²) in [6, 6.07) is 19.2. The standard InChI is InChI=1S/C21H15N3O4/c1-28-20-12-18(23-22-17-8-4-5-9-19(17)24(26)27)21(25)16-11-14-7-3-2-6-13(14)10-15(16)20/h2-12,25H,1H3. The van der Waals surface area contributed by atoms with E-state index in [0.29, 0.717) is 11.1 Å². The highest BCUT2D eigenvalue weighted by molar-refractivity contribution is 6.05. The van der Waals surface area contributed by atoms with Gasteiger partial charge in [-0.05, 0) is 29.0 Å². The van der Waals surface area contributed by atoms with Gasteiger partial charge in [-0.1, -0.05) is 36.4 Å². The first kappa shape index (κ1) is 17.4. The van der Waals surface area contributed by atoms with Gasteiger partial charge in [0.1, 0.15) is 11.4 Å². The largest absolute Gasteiger partial charge is 0.505 e. The Hall–Kier alpha value is -4.00. The normalized spacial score (nSPS) is 11.3. The predicted octanol–water partition coefficient (Wildman–Crippen LogP) is 6.03. The highest BCUT2D eigenvalue weighted by atomic mass is 16.6. The van der Waals surface area contributed by atoms with Crippen LogP contribution in [0.15, 0.2) is 77.0 Å². The number of phenolic OH excluding ortho intramolecular Hbond substituents is 1. The van der Waals surface area contributed by atoms with Crippen molar-refractivity contribution >= 4 is 38.6 Å². The fourth-order valence-corrected chi connectivity index (χ4v) is 3.10. The molecule has 0 atom stereocenters. The second kappa shape index (κ2) is 6.96. The smallest absolute Gasteiger partial charge is 0.296 e. The molecule has 4 aromatic rings. The number of nitrogens with zero attached hydrogens (tertiary/aromatic N) is 3. The van der Waals surface area contributed by atoms with Gasteiger partial charge in [0.2, 0.25) is 0 Å². The van der Waals surface area contributed by atoms with Gasteiger partial charge in [0.15, 0.2) is 11.4 Å². The number of nitro benzene ring substituents is 1. The molecule has 0 saturated carbocycles. The Labute approximate surface area is 159 Å². The lowest BCUT2D eigenvalue weighted by Crippen LogP contribution is -1.88. The molecule has 0 aliphatic carbocycles. The van der Waals surface area contributed by atoms with E-state index in [1.165, 1.54) is 19.2 Å². The lowest BCUT2D eigenvalue weighted by molar-refractivity contribution is -0.384. The minimum Gasteiger partial charge on any atom is -0.505 e. The third-order valence-electron chi connectivity index (χ3n) is 4.48. The van der Waals surface area contributed by atoms with E-state index in [1.54, 1.807) is 18.2 Å². The van der Waals surface area contributed by atoms with Crippen molar-refractivity contribution in [1.82, 2.24) is 0 Å². The molecule has 0 radical (unpaired) electrons. The van der Waals surface area contributed by atoms with Gasteiger partial charge in [-0.15, -0.1) is 10.2 Å². The number of aromatic hydroxyl groups is 1. The van der Waals surface area contributed by atoms with Crippen LogP contribution in [0.1, 0.15) is 0 Å². The second-order valence-electron chi connectivity index (χ2n) is 6.14. The molecular weight excluding hydrogens is 358 g/mol. The van der Waals surface area contributed by atoms with Crippen molar-refractivity contribution < 1.29 is 14.8 Å². The van der Waals surface area contributed by atoms with Crippen molar-refractivity contribution in [2.75, 3.05) is 7.11 Å². The van der Waals surface area contributed by atoms with Gasteiger partial charge in [-0.2, -0.15) is 0 Å². The second-order valence-corrected chi connectivity index (χ2v) is 6.14. The zero-order chi connectivity index (χ0) is 19.7. The highest BCUT2D eigenvalue weighted by Gasteiger charge is 2.15. The summed E-state index contributed by atoms with van der Waals surface area (Å²) < 4.78 is 5.47. The summed E-state index contributed by atoms with van der Waals surface area (Å²) >= 11 is 0. The Morgan fingerprint density at radius 1 is 0.893 bits per heavy atom. The molecule has 1 N–H and O–H groups in total. The fourth-order valence-electron chi connectivity index (χ4n) is 3.10. The van der Waals surface area contributed by atoms with Crippen molar-refractivity contribution in [1.29, 1.82) is 0 Å². The zero-order valence-electron chi connectivity index (χ0n) is 14.9. The predicted molar refractivity (Wildman–Crippen MR) is 107 cm³/mol. The number of hydrogen-bond donors (Lipinski definition) is 1. The number of rotatable bonds is 4. The van der Waals surface area contributed by atoms with Crippen molar-refractivity contribution in [2.45, 2.75) is 0 Å². The van der Waals surface area contributed by atoms with E-state index in [2.05, 4.69) is 10.2 Å². The molecule has 0 aromatic heterocycles. The average molecular weight is 373 g/mol. The topological polar surface area (TPSA) is 97.3 Å². The zero-order valence-corrected chi connectivity index (χ0v) is 14.9. The van der Waals surface area contributed by atoms with Crippen LogP contribution in [0, 0.1) is 10.1 Å². The van der Waals surface area contributed by atoms with Gasteiger partial charge < -0.3 is 9.84 Å². The number of para-hydroxylation sites is 1. The van der Waals surface area contributed by atoms with Crippen LogP contribution < -0.4 is 4.74 Å². The van der Waals surface area contributed by atoms with E-state index in [9.17, 15) is 15.2 Å². The van der Waals surface area contributed by atoms with Crippen LogP contribution in [0.5, 0.6) is 11.5 Å². The molecule has 4 rings (SSSR count). The van der Waals surface area contributed by atoms with Gasteiger partial charge in [0, 0.05) is 22.9 Å². The molecule has 0 fully saturated rings. The number of azo groups is 1. The maximum atomic E-state index is 11.1. The molecule has 0 aliphatic heterocycles. The number of methoxy groups -OCH3 is 1. The maximum Gasteiger partial charge on any atom is 0.296 e. The summed E-state index contributed by atoms with van der Waals surface area (Å²) in [7, 11) is 1.53.